The zero-order chi connectivity index (χ0) is 14.9. The summed E-state index contributed by atoms with van der Waals surface area (Å²) in [5.41, 5.74) is 0. The number of ether oxygens (including phenoxy) is 4. The minimum Gasteiger partial charge on any atom is -0.345 e. The van der Waals surface area contributed by atoms with Crippen LogP contribution in [0.4, 0.5) is 0 Å². The number of hydrogen-bond acceptors (Lipinski definition) is 7. The summed E-state index contributed by atoms with van der Waals surface area (Å²) in [6.07, 6.45) is -0.656. The van der Waals surface area contributed by atoms with Gasteiger partial charge in [0.25, 0.3) is 0 Å². The van der Waals surface area contributed by atoms with Gasteiger partial charge in [0.1, 0.15) is 0 Å². The highest BCUT2D eigenvalue weighted by molar-refractivity contribution is 7.17. The largest absolute Gasteiger partial charge is 0.345 e. The molecule has 2 aliphatic heterocycles. The third kappa shape index (κ3) is 2.76. The Bertz CT molecular complexity index is 609. The smallest absolute Gasteiger partial charge is 0.212 e. The van der Waals surface area contributed by atoms with Crippen LogP contribution in [0.5, 0.6) is 0 Å². The summed E-state index contributed by atoms with van der Waals surface area (Å²) in [5, 5.41) is 0. The van der Waals surface area contributed by atoms with Crippen molar-refractivity contribution >= 4 is 28.5 Å². The van der Waals surface area contributed by atoms with Gasteiger partial charge in [-0.3, -0.25) is 4.79 Å². The van der Waals surface area contributed by atoms with E-state index in [1.54, 1.807) is 0 Å². The minimum atomic E-state index is -0.328. The maximum Gasteiger partial charge on any atom is 0.212 e. The molecule has 0 spiro atoms. The minimum absolute atomic E-state index is 0.0171. The lowest BCUT2D eigenvalue weighted by Gasteiger charge is -2.05. The molecule has 22 heavy (non-hydrogen) atoms. The molecule has 0 atom stereocenters. The van der Waals surface area contributed by atoms with Crippen LogP contribution in [0, 0.1) is 0 Å². The molecule has 4 rings (SSSR count). The highest BCUT2D eigenvalue weighted by Crippen LogP contribution is 2.34. The second kappa shape index (κ2) is 6.19. The van der Waals surface area contributed by atoms with Gasteiger partial charge < -0.3 is 18.9 Å². The van der Waals surface area contributed by atoms with Gasteiger partial charge in [0.15, 0.2) is 12.6 Å². The molecule has 0 aliphatic carbocycles. The van der Waals surface area contributed by atoms with Crippen LogP contribution < -0.4 is 0 Å². The summed E-state index contributed by atoms with van der Waals surface area (Å²) in [6, 6.07) is 7.45. The van der Waals surface area contributed by atoms with Crippen LogP contribution >= 0.6 is 22.7 Å². The lowest BCUT2D eigenvalue weighted by atomic mass is 10.2. The highest BCUT2D eigenvalue weighted by atomic mass is 32.1. The lowest BCUT2D eigenvalue weighted by molar-refractivity contribution is -0.0415. The first-order chi connectivity index (χ1) is 10.8. The average molecular weight is 338 g/mol. The zero-order valence-electron chi connectivity index (χ0n) is 11.7. The quantitative estimate of drug-likeness (QED) is 0.802. The molecular weight excluding hydrogens is 324 g/mol. The van der Waals surface area contributed by atoms with Crippen molar-refractivity contribution in [3.63, 3.8) is 0 Å². The standard InChI is InChI=1S/C15H14O5S2/c16-13(9-1-3-11(21-9)14-17-5-6-18-14)10-2-4-12(22-10)15-19-7-8-20-15/h1-4,14-15H,5-8H2. The SMILES string of the molecule is O=C(c1ccc(C2OCCO2)s1)c1ccc(C2OCCO2)s1. The lowest BCUT2D eigenvalue weighted by Crippen LogP contribution is -1.96. The number of ketones is 1. The Labute approximate surface area is 135 Å². The van der Waals surface area contributed by atoms with E-state index in [0.29, 0.717) is 36.2 Å². The second-order valence-corrected chi connectivity index (χ2v) is 7.11. The van der Waals surface area contributed by atoms with Gasteiger partial charge in [0, 0.05) is 0 Å². The predicted molar refractivity (Wildman–Crippen MR) is 81.4 cm³/mol. The van der Waals surface area contributed by atoms with E-state index >= 15 is 0 Å². The van der Waals surface area contributed by atoms with Crippen LogP contribution in [0.25, 0.3) is 0 Å². The van der Waals surface area contributed by atoms with E-state index in [2.05, 4.69) is 0 Å². The van der Waals surface area contributed by atoms with Gasteiger partial charge in [-0.15, -0.1) is 22.7 Å². The molecule has 0 bridgehead atoms. The van der Waals surface area contributed by atoms with E-state index in [1.807, 2.05) is 24.3 Å². The van der Waals surface area contributed by atoms with Gasteiger partial charge in [0.2, 0.25) is 5.78 Å². The van der Waals surface area contributed by atoms with E-state index in [9.17, 15) is 4.79 Å². The summed E-state index contributed by atoms with van der Waals surface area (Å²) in [5.74, 6) is 0.0171. The van der Waals surface area contributed by atoms with Crippen LogP contribution in [0.3, 0.4) is 0 Å². The summed E-state index contributed by atoms with van der Waals surface area (Å²) in [6.45, 7) is 2.39. The average Bonchev–Trinajstić information content (AvgIpc) is 3.35. The molecule has 116 valence electrons. The molecule has 2 fully saturated rings. The number of hydrogen-bond donors (Lipinski definition) is 0. The molecule has 2 aromatic heterocycles. The molecule has 5 nitrogen and oxygen atoms in total. The molecule has 0 amide bonds. The Morgan fingerprint density at radius 1 is 0.773 bits per heavy atom. The maximum absolute atomic E-state index is 12.6. The van der Waals surface area contributed by atoms with E-state index in [1.165, 1.54) is 22.7 Å². The molecule has 2 saturated heterocycles. The van der Waals surface area contributed by atoms with Crippen molar-refractivity contribution in [2.75, 3.05) is 26.4 Å². The fourth-order valence-electron chi connectivity index (χ4n) is 2.37. The summed E-state index contributed by atoms with van der Waals surface area (Å²) in [4.78, 5) is 15.8. The molecule has 2 aromatic rings. The fourth-order valence-corrected chi connectivity index (χ4v) is 4.36. The van der Waals surface area contributed by atoms with Crippen molar-refractivity contribution in [2.24, 2.45) is 0 Å². The van der Waals surface area contributed by atoms with Crippen molar-refractivity contribution in [2.45, 2.75) is 12.6 Å². The summed E-state index contributed by atoms with van der Waals surface area (Å²) in [7, 11) is 0. The molecule has 7 heteroatoms. The first-order valence-corrected chi connectivity index (χ1v) is 8.65. The Balaban J connectivity index is 1.51. The first kappa shape index (κ1) is 14.5. The normalized spacial score (nSPS) is 20.0. The van der Waals surface area contributed by atoms with Crippen molar-refractivity contribution in [1.29, 1.82) is 0 Å². The highest BCUT2D eigenvalue weighted by Gasteiger charge is 2.24. The molecule has 0 radical (unpaired) electrons. The van der Waals surface area contributed by atoms with Gasteiger partial charge in [-0.25, -0.2) is 0 Å². The van der Waals surface area contributed by atoms with Crippen LogP contribution in [-0.4, -0.2) is 32.2 Å². The fraction of sp³-hybridized carbons (Fsp3) is 0.400. The molecule has 4 heterocycles. The monoisotopic (exact) mass is 338 g/mol. The Hall–Kier alpha value is -1.09. The Kier molecular flexibility index (Phi) is 4.08. The predicted octanol–water partition coefficient (Wildman–Crippen LogP) is 3.13. The number of thiophene rings is 2. The molecule has 0 unspecified atom stereocenters. The number of carbonyl (C=O) groups is 1. The molecular formula is C15H14O5S2. The summed E-state index contributed by atoms with van der Waals surface area (Å²) >= 11 is 2.84. The van der Waals surface area contributed by atoms with Crippen molar-refractivity contribution in [1.82, 2.24) is 0 Å². The molecule has 0 N–H and O–H groups in total. The van der Waals surface area contributed by atoms with Crippen LogP contribution in [0.15, 0.2) is 24.3 Å². The van der Waals surface area contributed by atoms with Gasteiger partial charge in [-0.1, -0.05) is 0 Å². The molecule has 2 aliphatic rings. The van der Waals surface area contributed by atoms with Crippen LogP contribution in [-0.2, 0) is 18.9 Å². The molecule has 0 aromatic carbocycles. The first-order valence-electron chi connectivity index (χ1n) is 7.02. The topological polar surface area (TPSA) is 54.0 Å². The van der Waals surface area contributed by atoms with Crippen molar-refractivity contribution in [3.8, 4) is 0 Å². The zero-order valence-corrected chi connectivity index (χ0v) is 13.3. The third-order valence-corrected chi connectivity index (χ3v) is 5.62. The third-order valence-electron chi connectivity index (χ3n) is 3.41. The van der Waals surface area contributed by atoms with Crippen molar-refractivity contribution < 1.29 is 23.7 Å². The van der Waals surface area contributed by atoms with Crippen LogP contribution in [0.1, 0.15) is 36.9 Å². The van der Waals surface area contributed by atoms with Crippen LogP contribution in [0.2, 0.25) is 0 Å². The summed E-state index contributed by atoms with van der Waals surface area (Å²) < 4.78 is 21.8. The van der Waals surface area contributed by atoms with Gasteiger partial charge in [0.05, 0.1) is 45.9 Å². The number of carbonyl (C=O) groups excluding carboxylic acids is 1. The Morgan fingerprint density at radius 3 is 1.59 bits per heavy atom. The molecule has 0 saturated carbocycles. The Morgan fingerprint density at radius 2 is 1.18 bits per heavy atom. The number of rotatable bonds is 4. The van der Waals surface area contributed by atoms with E-state index in [4.69, 9.17) is 18.9 Å². The van der Waals surface area contributed by atoms with Gasteiger partial charge in [-0.05, 0) is 24.3 Å². The van der Waals surface area contributed by atoms with E-state index < -0.39 is 0 Å². The van der Waals surface area contributed by atoms with Crippen molar-refractivity contribution in [3.05, 3.63) is 43.8 Å². The van der Waals surface area contributed by atoms with Gasteiger partial charge >= 0.3 is 0 Å². The maximum atomic E-state index is 12.6. The van der Waals surface area contributed by atoms with Gasteiger partial charge in [-0.2, -0.15) is 0 Å². The van der Waals surface area contributed by atoms with E-state index in [-0.39, 0.29) is 18.4 Å². The second-order valence-electron chi connectivity index (χ2n) is 4.88. The van der Waals surface area contributed by atoms with E-state index in [0.717, 1.165) is 9.75 Å².